The lowest BCUT2D eigenvalue weighted by atomic mass is 10.1. The Kier molecular flexibility index (Phi) is 4.74. The van der Waals surface area contributed by atoms with Crippen molar-refractivity contribution >= 4 is 21.6 Å². The summed E-state index contributed by atoms with van der Waals surface area (Å²) in [5.41, 5.74) is 0.525. The van der Waals surface area contributed by atoms with Crippen molar-refractivity contribution in [2.45, 2.75) is 30.7 Å². The molecule has 2 N–H and O–H groups in total. The van der Waals surface area contributed by atoms with E-state index < -0.39 is 15.9 Å². The number of nitrogens with zero attached hydrogens (tertiary/aromatic N) is 2. The molecule has 0 aliphatic heterocycles. The minimum atomic E-state index is -3.64. The molecule has 4 rings (SSSR count). The first-order valence-electron chi connectivity index (χ1n) is 8.99. The summed E-state index contributed by atoms with van der Waals surface area (Å²) in [7, 11) is -3.64. The lowest BCUT2D eigenvalue weighted by Crippen LogP contribution is -2.25. The summed E-state index contributed by atoms with van der Waals surface area (Å²) in [6.45, 7) is 1.60. The third kappa shape index (κ3) is 3.81. The molecule has 0 spiro atoms. The molecule has 8 nitrogen and oxygen atoms in total. The van der Waals surface area contributed by atoms with Crippen LogP contribution in [-0.2, 0) is 10.0 Å². The van der Waals surface area contributed by atoms with Crippen molar-refractivity contribution in [2.24, 2.45) is 0 Å². The number of nitriles is 1. The Labute approximate surface area is 167 Å². The molecule has 3 aromatic rings. The van der Waals surface area contributed by atoms with Crippen molar-refractivity contribution < 1.29 is 17.6 Å². The first kappa shape index (κ1) is 19.0. The molecule has 1 saturated carbocycles. The Morgan fingerprint density at radius 2 is 1.97 bits per heavy atom. The lowest BCUT2D eigenvalue weighted by molar-refractivity contribution is 0.102. The van der Waals surface area contributed by atoms with Crippen molar-refractivity contribution in [3.05, 3.63) is 65.7 Å². The first-order valence-corrected chi connectivity index (χ1v) is 10.5. The molecular weight excluding hydrogens is 392 g/mol. The van der Waals surface area contributed by atoms with Crippen molar-refractivity contribution in [1.29, 1.82) is 5.26 Å². The highest BCUT2D eigenvalue weighted by molar-refractivity contribution is 7.89. The van der Waals surface area contributed by atoms with Gasteiger partial charge in [0.1, 0.15) is 23.0 Å². The number of benzene rings is 1. The number of nitrogens with one attached hydrogen (secondary N) is 2. The zero-order chi connectivity index (χ0) is 20.6. The Morgan fingerprint density at radius 1 is 1.24 bits per heavy atom. The molecule has 1 aliphatic carbocycles. The van der Waals surface area contributed by atoms with Gasteiger partial charge in [-0.2, -0.15) is 5.26 Å². The smallest absolute Gasteiger partial charge is 0.260 e. The van der Waals surface area contributed by atoms with E-state index in [2.05, 4.69) is 10.0 Å². The number of sulfonamides is 1. The number of hydrogen-bond donors (Lipinski definition) is 2. The molecule has 1 aromatic carbocycles. The second-order valence-corrected chi connectivity index (χ2v) is 8.51. The molecule has 9 heteroatoms. The number of anilines is 1. The molecule has 148 valence electrons. The van der Waals surface area contributed by atoms with Crippen LogP contribution in [0.3, 0.4) is 0 Å². The molecule has 1 amide bonds. The van der Waals surface area contributed by atoms with Crippen molar-refractivity contribution in [2.75, 3.05) is 5.32 Å². The molecule has 0 radical (unpaired) electrons. The highest BCUT2D eigenvalue weighted by Gasteiger charge is 2.28. The fourth-order valence-corrected chi connectivity index (χ4v) is 4.33. The summed E-state index contributed by atoms with van der Waals surface area (Å²) in [5.74, 6) is -0.00190. The van der Waals surface area contributed by atoms with Crippen LogP contribution in [-0.4, -0.2) is 24.9 Å². The minimum absolute atomic E-state index is 0.0166. The van der Waals surface area contributed by atoms with E-state index in [0.717, 1.165) is 12.8 Å². The maximum atomic E-state index is 12.8. The molecule has 0 saturated heterocycles. The molecule has 0 bridgehead atoms. The van der Waals surface area contributed by atoms with E-state index in [4.69, 9.17) is 4.42 Å². The summed E-state index contributed by atoms with van der Waals surface area (Å²) in [5, 5.41) is 12.2. The highest BCUT2D eigenvalue weighted by Crippen LogP contribution is 2.27. The SMILES string of the molecule is Cc1oc(-n2cccc2)c(C#N)c1C(=O)Nc1cccc(S(=O)(=O)NC2CC2)c1. The van der Waals surface area contributed by atoms with Crippen LogP contribution in [0.15, 0.2) is 58.1 Å². The number of aromatic nitrogens is 1. The zero-order valence-electron chi connectivity index (χ0n) is 15.5. The topological polar surface area (TPSA) is 117 Å². The van der Waals surface area contributed by atoms with E-state index in [0.29, 0.717) is 11.4 Å². The van der Waals surface area contributed by atoms with E-state index in [9.17, 15) is 18.5 Å². The second kappa shape index (κ2) is 7.24. The molecular formula is C20H18N4O4S. The summed E-state index contributed by atoms with van der Waals surface area (Å²) >= 11 is 0. The van der Waals surface area contributed by atoms with Gasteiger partial charge in [0.15, 0.2) is 0 Å². The maximum Gasteiger partial charge on any atom is 0.260 e. The summed E-state index contributed by atoms with van der Waals surface area (Å²) < 4.78 is 34.6. The second-order valence-electron chi connectivity index (χ2n) is 6.79. The number of hydrogen-bond acceptors (Lipinski definition) is 5. The number of aryl methyl sites for hydroxylation is 1. The largest absolute Gasteiger partial charge is 0.443 e. The maximum absolute atomic E-state index is 12.8. The van der Waals surface area contributed by atoms with Gasteiger partial charge in [0.05, 0.1) is 4.90 Å². The number of carbonyl (C=O) groups excluding carboxylic acids is 1. The fourth-order valence-electron chi connectivity index (χ4n) is 2.98. The van der Waals surface area contributed by atoms with Crippen LogP contribution in [0.5, 0.6) is 0 Å². The molecule has 1 aliphatic rings. The van der Waals surface area contributed by atoms with E-state index in [-0.39, 0.29) is 27.9 Å². The zero-order valence-corrected chi connectivity index (χ0v) is 16.4. The third-order valence-corrected chi connectivity index (χ3v) is 6.06. The van der Waals surface area contributed by atoms with Gasteiger partial charge in [-0.25, -0.2) is 13.1 Å². The van der Waals surface area contributed by atoms with Gasteiger partial charge in [-0.3, -0.25) is 9.36 Å². The molecule has 29 heavy (non-hydrogen) atoms. The van der Waals surface area contributed by atoms with E-state index >= 15 is 0 Å². The average Bonchev–Trinajstić information content (AvgIpc) is 3.19. The number of furan rings is 1. The number of rotatable bonds is 6. The quantitative estimate of drug-likeness (QED) is 0.648. The fraction of sp³-hybridized carbons (Fsp3) is 0.200. The number of amides is 1. The van der Waals surface area contributed by atoms with Crippen LogP contribution in [0, 0.1) is 18.3 Å². The molecule has 2 aromatic heterocycles. The summed E-state index contributed by atoms with van der Waals surface area (Å²) in [6, 6.07) is 11.6. The van der Waals surface area contributed by atoms with Gasteiger partial charge in [0, 0.05) is 24.1 Å². The Hall–Kier alpha value is -3.35. The number of carbonyl (C=O) groups is 1. The summed E-state index contributed by atoms with van der Waals surface area (Å²) in [4.78, 5) is 12.9. The van der Waals surface area contributed by atoms with Gasteiger partial charge >= 0.3 is 0 Å². The van der Waals surface area contributed by atoms with E-state index in [1.165, 1.54) is 12.1 Å². The first-order chi connectivity index (χ1) is 13.9. The van der Waals surface area contributed by atoms with Gasteiger partial charge in [0.2, 0.25) is 15.9 Å². The van der Waals surface area contributed by atoms with Crippen molar-refractivity contribution in [3.63, 3.8) is 0 Å². The van der Waals surface area contributed by atoms with Gasteiger partial charge in [-0.05, 0) is 50.1 Å². The normalized spacial score (nSPS) is 13.8. The molecule has 0 atom stereocenters. The average molecular weight is 410 g/mol. The third-order valence-electron chi connectivity index (χ3n) is 4.54. The Balaban J connectivity index is 1.62. The highest BCUT2D eigenvalue weighted by atomic mass is 32.2. The van der Waals surface area contributed by atoms with Crippen molar-refractivity contribution in [1.82, 2.24) is 9.29 Å². The van der Waals surface area contributed by atoms with E-state index in [1.54, 1.807) is 48.1 Å². The van der Waals surface area contributed by atoms with Crippen LogP contribution >= 0.6 is 0 Å². The Morgan fingerprint density at radius 3 is 2.62 bits per heavy atom. The standard InChI is InChI=1S/C20H18N4O4S/c1-13-18(17(12-21)20(28-13)24-9-2-3-10-24)19(25)22-15-5-4-6-16(11-15)29(26,27)23-14-7-8-14/h2-6,9-11,14,23H,7-8H2,1H3,(H,22,25). The van der Waals surface area contributed by atoms with Gasteiger partial charge in [-0.1, -0.05) is 6.07 Å². The van der Waals surface area contributed by atoms with Crippen LogP contribution < -0.4 is 10.0 Å². The van der Waals surface area contributed by atoms with Crippen LogP contribution in [0.1, 0.15) is 34.5 Å². The van der Waals surface area contributed by atoms with Crippen LogP contribution in [0.25, 0.3) is 5.88 Å². The predicted molar refractivity (Wildman–Crippen MR) is 105 cm³/mol. The molecule has 1 fully saturated rings. The van der Waals surface area contributed by atoms with Crippen LogP contribution in [0.4, 0.5) is 5.69 Å². The minimum Gasteiger partial charge on any atom is -0.443 e. The monoisotopic (exact) mass is 410 g/mol. The molecule has 2 heterocycles. The summed E-state index contributed by atoms with van der Waals surface area (Å²) in [6.07, 6.45) is 5.08. The Bertz CT molecular complexity index is 1220. The lowest BCUT2D eigenvalue weighted by Gasteiger charge is -2.09. The van der Waals surface area contributed by atoms with Gasteiger partial charge < -0.3 is 9.73 Å². The van der Waals surface area contributed by atoms with E-state index in [1.807, 2.05) is 6.07 Å². The van der Waals surface area contributed by atoms with Gasteiger partial charge in [0.25, 0.3) is 5.91 Å². The van der Waals surface area contributed by atoms with Crippen molar-refractivity contribution in [3.8, 4) is 12.0 Å². The predicted octanol–water partition coefficient (Wildman–Crippen LogP) is 2.94. The van der Waals surface area contributed by atoms with Crippen LogP contribution in [0.2, 0.25) is 0 Å². The van der Waals surface area contributed by atoms with Gasteiger partial charge in [-0.15, -0.1) is 0 Å². The molecule has 0 unspecified atom stereocenters.